The lowest BCUT2D eigenvalue weighted by Crippen LogP contribution is -2.35. The number of dihydropyridines is 1. The van der Waals surface area contributed by atoms with Gasteiger partial charge >= 0.3 is 0 Å². The van der Waals surface area contributed by atoms with Gasteiger partial charge in [-0.1, -0.05) is 12.8 Å². The second-order valence-corrected chi connectivity index (χ2v) is 4.60. The second-order valence-electron chi connectivity index (χ2n) is 4.15. The number of allylic oxidation sites excluding steroid dienone is 2. The van der Waals surface area contributed by atoms with E-state index in [1.165, 1.54) is 0 Å². The Morgan fingerprint density at radius 2 is 1.75 bits per heavy atom. The van der Waals surface area contributed by atoms with Crippen molar-refractivity contribution in [1.29, 1.82) is 10.5 Å². The average Bonchev–Trinajstić information content (AvgIpc) is 2.68. The molecule has 0 bridgehead atoms. The summed E-state index contributed by atoms with van der Waals surface area (Å²) >= 11 is 4.25. The molecule has 0 aromatic heterocycles. The Bertz CT molecular complexity index is 431. The summed E-state index contributed by atoms with van der Waals surface area (Å²) in [7, 11) is 0. The number of hydrogen-bond acceptors (Lipinski definition) is 5. The summed E-state index contributed by atoms with van der Waals surface area (Å²) in [5.41, 5.74) is 6.38. The molecule has 1 saturated carbocycles. The molecule has 82 valence electrons. The molecule has 0 unspecified atom stereocenters. The predicted molar refractivity (Wildman–Crippen MR) is 62.5 cm³/mol. The highest BCUT2D eigenvalue weighted by atomic mass is 32.1. The van der Waals surface area contributed by atoms with Crippen LogP contribution in [0.3, 0.4) is 0 Å². The van der Waals surface area contributed by atoms with Gasteiger partial charge in [0.05, 0.1) is 28.3 Å². The minimum absolute atomic E-state index is 0.341. The van der Waals surface area contributed by atoms with Gasteiger partial charge in [0.25, 0.3) is 0 Å². The molecule has 1 aliphatic carbocycles. The number of rotatable bonds is 0. The fourth-order valence-corrected chi connectivity index (χ4v) is 3.05. The van der Waals surface area contributed by atoms with Gasteiger partial charge in [-0.15, -0.1) is 12.6 Å². The van der Waals surface area contributed by atoms with E-state index in [0.717, 1.165) is 25.7 Å². The average molecular weight is 232 g/mol. The molecule has 1 aliphatic heterocycles. The molecule has 0 aromatic rings. The third-order valence-corrected chi connectivity index (χ3v) is 3.73. The van der Waals surface area contributed by atoms with E-state index >= 15 is 0 Å². The van der Waals surface area contributed by atoms with Crippen LogP contribution in [0.1, 0.15) is 25.7 Å². The maximum absolute atomic E-state index is 9.22. The standard InChI is InChI=1S/C11H12N4S/c12-5-7-9(14)15-10(16)8(6-13)11(7)3-1-2-4-11/h15-16H,1-4,14H2. The first kappa shape index (κ1) is 10.9. The van der Waals surface area contributed by atoms with Crippen LogP contribution in [-0.2, 0) is 0 Å². The van der Waals surface area contributed by atoms with Crippen LogP contribution >= 0.6 is 12.6 Å². The van der Waals surface area contributed by atoms with E-state index in [2.05, 4.69) is 30.1 Å². The number of nitrogens with zero attached hydrogens (tertiary/aromatic N) is 2. The van der Waals surface area contributed by atoms with Crippen LogP contribution in [0.4, 0.5) is 0 Å². The van der Waals surface area contributed by atoms with Crippen molar-refractivity contribution < 1.29 is 0 Å². The lowest BCUT2D eigenvalue weighted by atomic mass is 9.72. The largest absolute Gasteiger partial charge is 0.384 e. The van der Waals surface area contributed by atoms with Crippen molar-refractivity contribution in [2.75, 3.05) is 0 Å². The van der Waals surface area contributed by atoms with Crippen LogP contribution < -0.4 is 11.1 Å². The fourth-order valence-electron chi connectivity index (χ4n) is 2.67. The normalized spacial score (nSPS) is 22.9. The zero-order valence-corrected chi connectivity index (χ0v) is 9.64. The molecule has 16 heavy (non-hydrogen) atoms. The van der Waals surface area contributed by atoms with Gasteiger partial charge in [-0.3, -0.25) is 0 Å². The number of thiol groups is 1. The summed E-state index contributed by atoms with van der Waals surface area (Å²) in [6.45, 7) is 0. The predicted octanol–water partition coefficient (Wildman–Crippen LogP) is 1.51. The quantitative estimate of drug-likeness (QED) is 0.553. The highest BCUT2D eigenvalue weighted by molar-refractivity contribution is 7.84. The Balaban J connectivity index is 2.62. The van der Waals surface area contributed by atoms with Crippen LogP contribution in [0.15, 0.2) is 22.0 Å². The van der Waals surface area contributed by atoms with Gasteiger partial charge < -0.3 is 11.1 Å². The molecule has 0 amide bonds. The lowest BCUT2D eigenvalue weighted by Gasteiger charge is -2.33. The molecular weight excluding hydrogens is 220 g/mol. The van der Waals surface area contributed by atoms with E-state index < -0.39 is 5.41 Å². The molecule has 0 aromatic carbocycles. The number of nitrogens with two attached hydrogens (primary N) is 1. The Hall–Kier alpha value is -1.59. The van der Waals surface area contributed by atoms with Crippen LogP contribution in [0.5, 0.6) is 0 Å². The Morgan fingerprint density at radius 3 is 2.25 bits per heavy atom. The topological polar surface area (TPSA) is 85.6 Å². The Kier molecular flexibility index (Phi) is 2.57. The van der Waals surface area contributed by atoms with Crippen molar-refractivity contribution in [2.45, 2.75) is 25.7 Å². The molecule has 0 radical (unpaired) electrons. The van der Waals surface area contributed by atoms with Crippen molar-refractivity contribution in [1.82, 2.24) is 5.32 Å². The maximum Gasteiger partial charge on any atom is 0.116 e. The van der Waals surface area contributed by atoms with Crippen LogP contribution in [0.2, 0.25) is 0 Å². The van der Waals surface area contributed by atoms with Gasteiger partial charge in [0.2, 0.25) is 0 Å². The van der Waals surface area contributed by atoms with Gasteiger partial charge in [0.1, 0.15) is 5.82 Å². The van der Waals surface area contributed by atoms with Crippen LogP contribution in [0.25, 0.3) is 0 Å². The van der Waals surface area contributed by atoms with Crippen molar-refractivity contribution in [3.8, 4) is 12.1 Å². The number of nitriles is 2. The molecule has 1 spiro atoms. The minimum Gasteiger partial charge on any atom is -0.384 e. The summed E-state index contributed by atoms with van der Waals surface area (Å²) in [5.74, 6) is 0.341. The van der Waals surface area contributed by atoms with E-state index in [-0.39, 0.29) is 0 Å². The molecular formula is C11H12N4S. The third kappa shape index (κ3) is 1.29. The van der Waals surface area contributed by atoms with Crippen molar-refractivity contribution >= 4 is 12.6 Å². The first-order chi connectivity index (χ1) is 7.65. The van der Waals surface area contributed by atoms with Crippen LogP contribution in [-0.4, -0.2) is 0 Å². The van der Waals surface area contributed by atoms with Gasteiger partial charge in [0, 0.05) is 5.41 Å². The first-order valence-electron chi connectivity index (χ1n) is 5.17. The summed E-state index contributed by atoms with van der Waals surface area (Å²) in [6, 6.07) is 4.32. The zero-order chi connectivity index (χ0) is 11.8. The lowest BCUT2D eigenvalue weighted by molar-refractivity contribution is 0.451. The van der Waals surface area contributed by atoms with E-state index in [0.29, 0.717) is 22.0 Å². The van der Waals surface area contributed by atoms with E-state index in [1.54, 1.807) is 0 Å². The number of hydrogen-bond donors (Lipinski definition) is 3. The monoisotopic (exact) mass is 232 g/mol. The molecule has 5 heteroatoms. The van der Waals surface area contributed by atoms with Crippen LogP contribution in [0, 0.1) is 28.1 Å². The number of nitrogens with one attached hydrogen (secondary N) is 1. The Morgan fingerprint density at radius 1 is 1.19 bits per heavy atom. The third-order valence-electron chi connectivity index (χ3n) is 3.40. The zero-order valence-electron chi connectivity index (χ0n) is 8.75. The minimum atomic E-state index is -0.476. The summed E-state index contributed by atoms with van der Waals surface area (Å²) in [6.07, 6.45) is 3.66. The van der Waals surface area contributed by atoms with Crippen molar-refractivity contribution in [3.05, 3.63) is 22.0 Å². The molecule has 4 nitrogen and oxygen atoms in total. The summed E-state index contributed by atoms with van der Waals surface area (Å²) in [4.78, 5) is 0. The van der Waals surface area contributed by atoms with Gasteiger partial charge in [0.15, 0.2) is 0 Å². The van der Waals surface area contributed by atoms with E-state index in [1.807, 2.05) is 0 Å². The molecule has 3 N–H and O–H groups in total. The van der Waals surface area contributed by atoms with Gasteiger partial charge in [-0.2, -0.15) is 10.5 Å². The van der Waals surface area contributed by atoms with Gasteiger partial charge in [-0.05, 0) is 12.8 Å². The highest BCUT2D eigenvalue weighted by Crippen LogP contribution is 2.52. The molecule has 1 heterocycles. The Labute approximate surface area is 99.8 Å². The second kappa shape index (κ2) is 3.77. The van der Waals surface area contributed by atoms with Crippen molar-refractivity contribution in [3.63, 3.8) is 0 Å². The van der Waals surface area contributed by atoms with E-state index in [4.69, 9.17) is 5.73 Å². The SMILES string of the molecule is N#CC1=C(N)NC(S)=C(C#N)C12CCCC2. The molecule has 0 atom stereocenters. The van der Waals surface area contributed by atoms with Gasteiger partial charge in [-0.25, -0.2) is 0 Å². The maximum atomic E-state index is 9.22. The summed E-state index contributed by atoms with van der Waals surface area (Å²) < 4.78 is 0. The molecule has 1 fully saturated rings. The molecule has 2 aliphatic rings. The molecule has 0 saturated heterocycles. The van der Waals surface area contributed by atoms with E-state index in [9.17, 15) is 10.5 Å². The first-order valence-corrected chi connectivity index (χ1v) is 5.61. The van der Waals surface area contributed by atoms with Crippen molar-refractivity contribution in [2.24, 2.45) is 11.1 Å². The fraction of sp³-hybridized carbons (Fsp3) is 0.455. The highest BCUT2D eigenvalue weighted by Gasteiger charge is 2.46. The summed E-state index contributed by atoms with van der Waals surface area (Å²) in [5, 5.41) is 21.7. The molecule has 2 rings (SSSR count). The smallest absolute Gasteiger partial charge is 0.116 e.